The number of carbonyl (C=O) groups is 2. The van der Waals surface area contributed by atoms with Crippen LogP contribution < -0.4 is 10.6 Å². The van der Waals surface area contributed by atoms with Crippen molar-refractivity contribution in [3.63, 3.8) is 0 Å². The molecule has 0 saturated heterocycles. The topological polar surface area (TPSA) is 117 Å². The second-order valence-electron chi connectivity index (χ2n) is 3.99. The molecule has 0 unspecified atom stereocenters. The van der Waals surface area contributed by atoms with Crippen LogP contribution in [0.15, 0.2) is 29.1 Å². The minimum atomic E-state index is -1.04. The van der Waals surface area contributed by atoms with Crippen LogP contribution in [0.5, 0.6) is 0 Å². The molecule has 0 saturated carbocycles. The average molecular weight is 276 g/mol. The molecule has 0 fully saturated rings. The highest BCUT2D eigenvalue weighted by atomic mass is 16.5. The van der Waals surface area contributed by atoms with Crippen LogP contribution in [0.2, 0.25) is 0 Å². The number of aromatic carboxylic acids is 1. The number of benzene rings is 1. The van der Waals surface area contributed by atoms with E-state index in [-0.39, 0.29) is 12.1 Å². The zero-order valence-corrected chi connectivity index (χ0v) is 10.6. The third kappa shape index (κ3) is 3.31. The minimum absolute atomic E-state index is 0.111. The number of aromatic nitrogens is 2. The van der Waals surface area contributed by atoms with Gasteiger partial charge in [0.15, 0.2) is 5.82 Å². The number of aryl methyl sites for hydroxylation is 1. The number of amides is 2. The average Bonchev–Trinajstić information content (AvgIpc) is 2.91. The molecule has 8 heteroatoms. The van der Waals surface area contributed by atoms with Gasteiger partial charge in [-0.3, -0.25) is 0 Å². The van der Waals surface area contributed by atoms with Gasteiger partial charge < -0.3 is 20.3 Å². The molecule has 0 radical (unpaired) electrons. The summed E-state index contributed by atoms with van der Waals surface area (Å²) in [6, 6.07) is 4.15. The predicted molar refractivity (Wildman–Crippen MR) is 68.3 cm³/mol. The smallest absolute Gasteiger partial charge is 0.336 e. The highest BCUT2D eigenvalue weighted by Crippen LogP contribution is 2.15. The highest BCUT2D eigenvalue weighted by molar-refractivity contribution is 5.94. The Morgan fingerprint density at radius 1 is 1.40 bits per heavy atom. The van der Waals surface area contributed by atoms with Crippen LogP contribution >= 0.6 is 0 Å². The van der Waals surface area contributed by atoms with Gasteiger partial charge in [0.1, 0.15) is 0 Å². The summed E-state index contributed by atoms with van der Waals surface area (Å²) in [5, 5.41) is 17.6. The summed E-state index contributed by atoms with van der Waals surface area (Å²) in [5.74, 6) is -0.700. The van der Waals surface area contributed by atoms with Crippen molar-refractivity contribution in [2.45, 2.75) is 13.5 Å². The van der Waals surface area contributed by atoms with Gasteiger partial charge in [-0.25, -0.2) is 9.59 Å². The van der Waals surface area contributed by atoms with E-state index in [9.17, 15) is 9.59 Å². The Kier molecular flexibility index (Phi) is 3.94. The Morgan fingerprint density at radius 2 is 2.20 bits per heavy atom. The van der Waals surface area contributed by atoms with Crippen LogP contribution in [0.3, 0.4) is 0 Å². The molecule has 1 aromatic heterocycles. The Bertz CT molecular complexity index is 624. The standard InChI is InChI=1S/C12H12N4O4/c1-7-2-3-8(4-9(7)11(17)18)15-12(19)13-5-10-14-6-20-16-10/h2-4,6H,5H2,1H3,(H,17,18)(H2,13,15,19). The molecule has 0 aliphatic rings. The van der Waals surface area contributed by atoms with E-state index in [0.717, 1.165) is 6.39 Å². The van der Waals surface area contributed by atoms with Crippen molar-refractivity contribution in [1.82, 2.24) is 15.5 Å². The molecule has 2 aromatic rings. The molecule has 2 rings (SSSR count). The lowest BCUT2D eigenvalue weighted by Gasteiger charge is -2.08. The monoisotopic (exact) mass is 276 g/mol. The normalized spacial score (nSPS) is 10.1. The zero-order chi connectivity index (χ0) is 14.5. The van der Waals surface area contributed by atoms with Crippen LogP contribution in [-0.2, 0) is 6.54 Å². The Morgan fingerprint density at radius 3 is 2.85 bits per heavy atom. The van der Waals surface area contributed by atoms with Crippen LogP contribution in [0.4, 0.5) is 10.5 Å². The van der Waals surface area contributed by atoms with Gasteiger partial charge in [0.2, 0.25) is 6.39 Å². The van der Waals surface area contributed by atoms with Crippen LogP contribution in [0, 0.1) is 6.92 Å². The molecule has 0 aliphatic carbocycles. The number of hydrogen-bond donors (Lipinski definition) is 3. The van der Waals surface area contributed by atoms with Crippen molar-refractivity contribution in [3.8, 4) is 0 Å². The van der Waals surface area contributed by atoms with E-state index >= 15 is 0 Å². The van der Waals surface area contributed by atoms with E-state index in [1.54, 1.807) is 19.1 Å². The zero-order valence-electron chi connectivity index (χ0n) is 10.6. The van der Waals surface area contributed by atoms with Crippen LogP contribution in [-0.4, -0.2) is 27.2 Å². The molecule has 8 nitrogen and oxygen atoms in total. The molecule has 0 spiro atoms. The maximum absolute atomic E-state index is 11.6. The van der Waals surface area contributed by atoms with Gasteiger partial charge in [0.05, 0.1) is 12.1 Å². The third-order valence-electron chi connectivity index (χ3n) is 2.54. The molecule has 1 aromatic carbocycles. The van der Waals surface area contributed by atoms with Gasteiger partial charge in [-0.15, -0.1) is 0 Å². The number of rotatable bonds is 4. The second kappa shape index (κ2) is 5.83. The molecule has 0 bridgehead atoms. The van der Waals surface area contributed by atoms with E-state index in [4.69, 9.17) is 5.11 Å². The Hall–Kier alpha value is -2.90. The lowest BCUT2D eigenvalue weighted by atomic mass is 10.1. The molecule has 0 aliphatic heterocycles. The van der Waals surface area contributed by atoms with Gasteiger partial charge in [-0.1, -0.05) is 11.2 Å². The largest absolute Gasteiger partial charge is 0.478 e. The molecule has 2 amide bonds. The number of urea groups is 1. The Balaban J connectivity index is 1.97. The van der Waals surface area contributed by atoms with Crippen molar-refractivity contribution < 1.29 is 19.2 Å². The number of anilines is 1. The summed E-state index contributed by atoms with van der Waals surface area (Å²) in [6.45, 7) is 1.80. The first kappa shape index (κ1) is 13.5. The number of nitrogens with zero attached hydrogens (tertiary/aromatic N) is 2. The first-order valence-electron chi connectivity index (χ1n) is 5.70. The fourth-order valence-corrected chi connectivity index (χ4v) is 1.54. The molecule has 20 heavy (non-hydrogen) atoms. The first-order valence-corrected chi connectivity index (χ1v) is 5.70. The quantitative estimate of drug-likeness (QED) is 0.776. The summed E-state index contributed by atoms with van der Waals surface area (Å²) < 4.78 is 4.52. The summed E-state index contributed by atoms with van der Waals surface area (Å²) in [6.07, 6.45) is 1.16. The van der Waals surface area contributed by atoms with E-state index in [1.807, 2.05) is 0 Å². The first-order chi connectivity index (χ1) is 9.56. The van der Waals surface area contributed by atoms with Crippen molar-refractivity contribution in [2.75, 3.05) is 5.32 Å². The SMILES string of the molecule is Cc1ccc(NC(=O)NCc2ncon2)cc1C(=O)O. The highest BCUT2D eigenvalue weighted by Gasteiger charge is 2.09. The third-order valence-corrected chi connectivity index (χ3v) is 2.54. The second-order valence-corrected chi connectivity index (χ2v) is 3.99. The molecular formula is C12H12N4O4. The number of carboxylic acids is 1. The van der Waals surface area contributed by atoms with Gasteiger partial charge in [0.25, 0.3) is 0 Å². The molecule has 3 N–H and O–H groups in total. The summed E-state index contributed by atoms with van der Waals surface area (Å²) in [4.78, 5) is 26.3. The fourth-order valence-electron chi connectivity index (χ4n) is 1.54. The molecule has 104 valence electrons. The van der Waals surface area contributed by atoms with Crippen molar-refractivity contribution >= 4 is 17.7 Å². The van der Waals surface area contributed by atoms with Crippen molar-refractivity contribution in [1.29, 1.82) is 0 Å². The Labute approximate surface area is 113 Å². The fraction of sp³-hybridized carbons (Fsp3) is 0.167. The van der Waals surface area contributed by atoms with E-state index in [0.29, 0.717) is 17.1 Å². The predicted octanol–water partition coefficient (Wildman–Crippen LogP) is 1.40. The number of nitrogens with one attached hydrogen (secondary N) is 2. The van der Waals surface area contributed by atoms with E-state index in [2.05, 4.69) is 25.3 Å². The van der Waals surface area contributed by atoms with Gasteiger partial charge in [0, 0.05) is 5.69 Å². The lowest BCUT2D eigenvalue weighted by molar-refractivity contribution is 0.0696. The van der Waals surface area contributed by atoms with Gasteiger partial charge in [-0.05, 0) is 24.6 Å². The number of hydrogen-bond acceptors (Lipinski definition) is 5. The molecular weight excluding hydrogens is 264 g/mol. The van der Waals surface area contributed by atoms with E-state index in [1.165, 1.54) is 6.07 Å². The van der Waals surface area contributed by atoms with Gasteiger partial charge in [-0.2, -0.15) is 4.98 Å². The van der Waals surface area contributed by atoms with E-state index < -0.39 is 12.0 Å². The number of carbonyl (C=O) groups excluding carboxylic acids is 1. The van der Waals surface area contributed by atoms with Gasteiger partial charge >= 0.3 is 12.0 Å². The van der Waals surface area contributed by atoms with Crippen molar-refractivity contribution in [3.05, 3.63) is 41.5 Å². The molecule has 1 heterocycles. The maximum atomic E-state index is 11.6. The molecule has 0 atom stereocenters. The maximum Gasteiger partial charge on any atom is 0.336 e. The summed E-state index contributed by atoms with van der Waals surface area (Å²) in [7, 11) is 0. The van der Waals surface area contributed by atoms with Crippen molar-refractivity contribution in [2.24, 2.45) is 0 Å². The number of carboxylic acid groups (broad SMARTS) is 1. The van der Waals surface area contributed by atoms with Crippen LogP contribution in [0.25, 0.3) is 0 Å². The summed E-state index contributed by atoms with van der Waals surface area (Å²) >= 11 is 0. The minimum Gasteiger partial charge on any atom is -0.478 e. The summed E-state index contributed by atoms with van der Waals surface area (Å²) in [5.41, 5.74) is 1.15. The van der Waals surface area contributed by atoms with Crippen LogP contribution in [0.1, 0.15) is 21.7 Å². The lowest BCUT2D eigenvalue weighted by Crippen LogP contribution is -2.28.